The minimum absolute atomic E-state index is 0.0999. The summed E-state index contributed by atoms with van der Waals surface area (Å²) < 4.78 is 27.6. The average Bonchev–Trinajstić information content (AvgIpc) is 2.87. The summed E-state index contributed by atoms with van der Waals surface area (Å²) in [5.74, 6) is -1.89. The topological polar surface area (TPSA) is 74.7 Å². The lowest BCUT2D eigenvalue weighted by atomic mass is 10.0. The van der Waals surface area contributed by atoms with E-state index in [0.29, 0.717) is 15.7 Å². The number of carboxylic acid groups (broad SMARTS) is 1. The first-order chi connectivity index (χ1) is 10.8. The van der Waals surface area contributed by atoms with Gasteiger partial charge in [0.15, 0.2) is 0 Å². The van der Waals surface area contributed by atoms with Gasteiger partial charge < -0.3 is 5.11 Å². The van der Waals surface area contributed by atoms with Crippen LogP contribution in [0.25, 0.3) is 0 Å². The third kappa shape index (κ3) is 2.64. The van der Waals surface area contributed by atoms with E-state index in [1.54, 1.807) is 36.4 Å². The lowest BCUT2D eigenvalue weighted by molar-refractivity contribution is -0.138. The zero-order valence-corrected chi connectivity index (χ0v) is 14.6. The summed E-state index contributed by atoms with van der Waals surface area (Å²) >= 11 is 3.29. The summed E-state index contributed by atoms with van der Waals surface area (Å²) in [6.45, 7) is 1.77. The molecule has 1 atom stereocenters. The van der Waals surface area contributed by atoms with Crippen LogP contribution in [0.3, 0.4) is 0 Å². The number of hydrogen-bond donors (Lipinski definition) is 1. The molecule has 2 aromatic carbocycles. The summed E-state index contributed by atoms with van der Waals surface area (Å²) in [7, 11) is -3.84. The number of aliphatic carboxylic acids is 1. The third-order valence-corrected chi connectivity index (χ3v) is 6.64. The molecule has 2 aromatic rings. The molecule has 1 aliphatic rings. The standard InChI is InChI=1S/C16H14BrNO4S/c1-10-6-7-15(13(17)8-10)23(21,22)18-9-12(16(19)20)11-4-2-3-5-14(11)18/h2-8,12H,9H2,1H3,(H,19,20). The number of aryl methyl sites for hydroxylation is 1. The third-order valence-electron chi connectivity index (χ3n) is 3.88. The summed E-state index contributed by atoms with van der Waals surface area (Å²) in [5.41, 5.74) is 1.88. The molecule has 0 bridgehead atoms. The molecule has 23 heavy (non-hydrogen) atoms. The number of carboxylic acids is 1. The number of carbonyl (C=O) groups is 1. The number of sulfonamides is 1. The van der Waals surface area contributed by atoms with Crippen LogP contribution in [0.2, 0.25) is 0 Å². The van der Waals surface area contributed by atoms with Crippen molar-refractivity contribution in [3.8, 4) is 0 Å². The van der Waals surface area contributed by atoms with Crippen LogP contribution in [0.5, 0.6) is 0 Å². The number of benzene rings is 2. The predicted octanol–water partition coefficient (Wildman–Crippen LogP) is 3.13. The van der Waals surface area contributed by atoms with Crippen LogP contribution in [-0.4, -0.2) is 26.0 Å². The molecule has 0 saturated carbocycles. The smallest absolute Gasteiger partial charge is 0.312 e. The van der Waals surface area contributed by atoms with E-state index in [2.05, 4.69) is 15.9 Å². The molecule has 0 radical (unpaired) electrons. The molecular formula is C16H14BrNO4S. The van der Waals surface area contributed by atoms with E-state index in [9.17, 15) is 18.3 Å². The molecule has 1 N–H and O–H groups in total. The number of para-hydroxylation sites is 1. The normalized spacial score (nSPS) is 17.1. The minimum atomic E-state index is -3.84. The van der Waals surface area contributed by atoms with Gasteiger partial charge in [-0.25, -0.2) is 8.42 Å². The summed E-state index contributed by atoms with van der Waals surface area (Å²) in [6, 6.07) is 11.7. The fraction of sp³-hybridized carbons (Fsp3) is 0.188. The second-order valence-corrected chi connectivity index (χ2v) is 8.10. The van der Waals surface area contributed by atoms with Crippen LogP contribution < -0.4 is 4.31 Å². The molecule has 1 unspecified atom stereocenters. The molecule has 1 aliphatic heterocycles. The number of fused-ring (bicyclic) bond motifs is 1. The molecule has 0 amide bonds. The van der Waals surface area contributed by atoms with Gasteiger partial charge in [0.05, 0.1) is 12.2 Å². The lowest BCUT2D eigenvalue weighted by Crippen LogP contribution is -2.31. The predicted molar refractivity (Wildman–Crippen MR) is 90.2 cm³/mol. The number of anilines is 1. The number of nitrogens with zero attached hydrogens (tertiary/aromatic N) is 1. The SMILES string of the molecule is Cc1ccc(S(=O)(=O)N2CC(C(=O)O)c3ccccc32)c(Br)c1. The minimum Gasteiger partial charge on any atom is -0.481 e. The highest BCUT2D eigenvalue weighted by atomic mass is 79.9. The van der Waals surface area contributed by atoms with Crippen molar-refractivity contribution < 1.29 is 18.3 Å². The van der Waals surface area contributed by atoms with Gasteiger partial charge in [0.2, 0.25) is 0 Å². The van der Waals surface area contributed by atoms with E-state index in [4.69, 9.17) is 0 Å². The van der Waals surface area contributed by atoms with Crippen molar-refractivity contribution in [1.29, 1.82) is 0 Å². The van der Waals surface area contributed by atoms with Crippen molar-refractivity contribution >= 4 is 37.6 Å². The van der Waals surface area contributed by atoms with Crippen LogP contribution >= 0.6 is 15.9 Å². The molecular weight excluding hydrogens is 382 g/mol. The van der Waals surface area contributed by atoms with Gasteiger partial charge in [0.1, 0.15) is 10.8 Å². The van der Waals surface area contributed by atoms with Gasteiger partial charge in [-0.2, -0.15) is 0 Å². The van der Waals surface area contributed by atoms with E-state index in [1.165, 1.54) is 10.4 Å². The van der Waals surface area contributed by atoms with E-state index in [0.717, 1.165) is 5.56 Å². The van der Waals surface area contributed by atoms with Gasteiger partial charge in [-0.15, -0.1) is 0 Å². The average molecular weight is 396 g/mol. The van der Waals surface area contributed by atoms with Crippen LogP contribution in [-0.2, 0) is 14.8 Å². The fourth-order valence-electron chi connectivity index (χ4n) is 2.74. The van der Waals surface area contributed by atoms with Crippen molar-refractivity contribution in [1.82, 2.24) is 0 Å². The molecule has 1 heterocycles. The zero-order valence-electron chi connectivity index (χ0n) is 12.2. The Bertz CT molecular complexity index is 895. The zero-order chi connectivity index (χ0) is 16.8. The van der Waals surface area contributed by atoms with Gasteiger partial charge >= 0.3 is 5.97 Å². The lowest BCUT2D eigenvalue weighted by Gasteiger charge is -2.20. The van der Waals surface area contributed by atoms with Gasteiger partial charge in [-0.3, -0.25) is 9.10 Å². The van der Waals surface area contributed by atoms with Crippen molar-refractivity contribution in [2.24, 2.45) is 0 Å². The molecule has 120 valence electrons. The van der Waals surface area contributed by atoms with Crippen molar-refractivity contribution in [2.75, 3.05) is 10.8 Å². The maximum Gasteiger partial charge on any atom is 0.312 e. The molecule has 0 aromatic heterocycles. The molecule has 3 rings (SSSR count). The highest BCUT2D eigenvalue weighted by molar-refractivity contribution is 9.10. The summed E-state index contributed by atoms with van der Waals surface area (Å²) in [6.07, 6.45) is 0. The Balaban J connectivity index is 2.13. The Kier molecular flexibility index (Phi) is 3.93. The first-order valence-electron chi connectivity index (χ1n) is 6.93. The van der Waals surface area contributed by atoms with Crippen LogP contribution in [0.4, 0.5) is 5.69 Å². The highest BCUT2D eigenvalue weighted by Gasteiger charge is 2.40. The molecule has 7 heteroatoms. The molecule has 0 spiro atoms. The van der Waals surface area contributed by atoms with Crippen LogP contribution in [0.1, 0.15) is 17.0 Å². The molecule has 0 aliphatic carbocycles. The number of rotatable bonds is 3. The molecule has 0 saturated heterocycles. The Hall–Kier alpha value is -1.86. The monoisotopic (exact) mass is 395 g/mol. The Labute approximate surface area is 142 Å². The first-order valence-corrected chi connectivity index (χ1v) is 9.16. The Morgan fingerprint density at radius 2 is 1.96 bits per heavy atom. The number of hydrogen-bond acceptors (Lipinski definition) is 3. The van der Waals surface area contributed by atoms with E-state index in [-0.39, 0.29) is 11.4 Å². The Morgan fingerprint density at radius 1 is 1.26 bits per heavy atom. The van der Waals surface area contributed by atoms with Gasteiger partial charge in [0, 0.05) is 4.47 Å². The maximum atomic E-state index is 13.0. The quantitative estimate of drug-likeness (QED) is 0.865. The molecule has 5 nitrogen and oxygen atoms in total. The second kappa shape index (κ2) is 5.65. The Morgan fingerprint density at radius 3 is 2.61 bits per heavy atom. The summed E-state index contributed by atoms with van der Waals surface area (Å²) in [4.78, 5) is 11.6. The van der Waals surface area contributed by atoms with E-state index in [1.807, 2.05) is 6.92 Å². The van der Waals surface area contributed by atoms with Crippen molar-refractivity contribution in [3.05, 3.63) is 58.1 Å². The van der Waals surface area contributed by atoms with Gasteiger partial charge in [-0.05, 0) is 52.2 Å². The molecule has 0 fully saturated rings. The highest BCUT2D eigenvalue weighted by Crippen LogP contribution is 2.40. The van der Waals surface area contributed by atoms with E-state index < -0.39 is 21.9 Å². The largest absolute Gasteiger partial charge is 0.481 e. The van der Waals surface area contributed by atoms with E-state index >= 15 is 0 Å². The summed E-state index contributed by atoms with van der Waals surface area (Å²) in [5, 5.41) is 9.37. The van der Waals surface area contributed by atoms with Crippen LogP contribution in [0, 0.1) is 6.92 Å². The number of halogens is 1. The fourth-order valence-corrected chi connectivity index (χ4v) is 5.40. The second-order valence-electron chi connectivity index (χ2n) is 5.42. The van der Waals surface area contributed by atoms with Gasteiger partial charge in [0.25, 0.3) is 10.0 Å². The van der Waals surface area contributed by atoms with Crippen molar-refractivity contribution in [3.63, 3.8) is 0 Å². The van der Waals surface area contributed by atoms with Crippen LogP contribution in [0.15, 0.2) is 51.8 Å². The maximum absolute atomic E-state index is 13.0. The van der Waals surface area contributed by atoms with Crippen molar-refractivity contribution in [2.45, 2.75) is 17.7 Å². The first kappa shape index (κ1) is 16.0. The van der Waals surface area contributed by atoms with Gasteiger partial charge in [-0.1, -0.05) is 24.3 Å².